The van der Waals surface area contributed by atoms with E-state index in [1.807, 2.05) is 19.1 Å². The zero-order valence-electron chi connectivity index (χ0n) is 10.8. The minimum absolute atomic E-state index is 0.0273. The second kappa shape index (κ2) is 5.96. The fourth-order valence-corrected chi connectivity index (χ4v) is 2.72. The Morgan fingerprint density at radius 2 is 2.22 bits per heavy atom. The number of hydrogen-bond donors (Lipinski definition) is 2. The van der Waals surface area contributed by atoms with Crippen LogP contribution in [0.1, 0.15) is 37.8 Å². The summed E-state index contributed by atoms with van der Waals surface area (Å²) in [6.07, 6.45) is 6.66. The molecule has 0 saturated heterocycles. The largest absolute Gasteiger partial charge is 0.349 e. The van der Waals surface area contributed by atoms with Gasteiger partial charge >= 0.3 is 0 Å². The van der Waals surface area contributed by atoms with Crippen molar-refractivity contribution in [3.8, 4) is 0 Å². The zero-order valence-corrected chi connectivity index (χ0v) is 10.8. The monoisotopic (exact) mass is 247 g/mol. The molecule has 1 heterocycles. The Morgan fingerprint density at radius 3 is 2.89 bits per heavy atom. The van der Waals surface area contributed by atoms with Gasteiger partial charge in [-0.25, -0.2) is 0 Å². The smallest absolute Gasteiger partial charge is 0.223 e. The second-order valence-corrected chi connectivity index (χ2v) is 5.04. The Kier molecular flexibility index (Phi) is 4.31. The van der Waals surface area contributed by atoms with Crippen molar-refractivity contribution >= 4 is 5.91 Å². The Balaban J connectivity index is 1.95. The summed E-state index contributed by atoms with van der Waals surface area (Å²) in [6.45, 7) is 2.61. The molecule has 98 valence electrons. The van der Waals surface area contributed by atoms with E-state index < -0.39 is 0 Å². The molecule has 3 unspecified atom stereocenters. The fourth-order valence-electron chi connectivity index (χ4n) is 2.72. The third kappa shape index (κ3) is 2.88. The van der Waals surface area contributed by atoms with E-state index in [0.717, 1.165) is 24.8 Å². The van der Waals surface area contributed by atoms with Crippen molar-refractivity contribution in [3.05, 3.63) is 30.1 Å². The van der Waals surface area contributed by atoms with Gasteiger partial charge < -0.3 is 11.1 Å². The average Bonchev–Trinajstić information content (AvgIpc) is 2.88. The summed E-state index contributed by atoms with van der Waals surface area (Å²) in [5.41, 5.74) is 6.80. The highest BCUT2D eigenvalue weighted by molar-refractivity contribution is 5.79. The van der Waals surface area contributed by atoms with Crippen LogP contribution in [0.4, 0.5) is 0 Å². The standard InChI is InChI=1S/C14H21N3O/c1-10(11-5-7-16-8-6-11)17-14(18)13-4-2-3-12(13)9-15/h5-8,10,12-13H,2-4,9,15H2,1H3,(H,17,18). The van der Waals surface area contributed by atoms with Crippen molar-refractivity contribution in [3.63, 3.8) is 0 Å². The summed E-state index contributed by atoms with van der Waals surface area (Å²) in [5.74, 6) is 0.598. The molecule has 0 bridgehead atoms. The van der Waals surface area contributed by atoms with Crippen molar-refractivity contribution in [2.45, 2.75) is 32.2 Å². The topological polar surface area (TPSA) is 68.0 Å². The molecular weight excluding hydrogens is 226 g/mol. The van der Waals surface area contributed by atoms with Gasteiger partial charge in [0.05, 0.1) is 6.04 Å². The summed E-state index contributed by atoms with van der Waals surface area (Å²) in [4.78, 5) is 16.2. The number of nitrogens with one attached hydrogen (secondary N) is 1. The molecule has 0 spiro atoms. The van der Waals surface area contributed by atoms with E-state index in [9.17, 15) is 4.79 Å². The van der Waals surface area contributed by atoms with Crippen LogP contribution in [0, 0.1) is 11.8 Å². The van der Waals surface area contributed by atoms with Crippen LogP contribution in [0.5, 0.6) is 0 Å². The SMILES string of the molecule is CC(NC(=O)C1CCCC1CN)c1ccncc1. The van der Waals surface area contributed by atoms with E-state index in [2.05, 4.69) is 10.3 Å². The highest BCUT2D eigenvalue weighted by atomic mass is 16.2. The van der Waals surface area contributed by atoms with Gasteiger partial charge in [-0.2, -0.15) is 0 Å². The minimum atomic E-state index is 0.0273. The quantitative estimate of drug-likeness (QED) is 0.849. The summed E-state index contributed by atoms with van der Waals surface area (Å²) in [5, 5.41) is 3.08. The average molecular weight is 247 g/mol. The molecule has 1 aromatic heterocycles. The molecule has 1 aliphatic rings. The molecule has 4 heteroatoms. The molecular formula is C14H21N3O. The van der Waals surface area contributed by atoms with Gasteiger partial charge in [0.2, 0.25) is 5.91 Å². The number of carbonyl (C=O) groups is 1. The van der Waals surface area contributed by atoms with Crippen LogP contribution in [0.3, 0.4) is 0 Å². The maximum atomic E-state index is 12.2. The molecule has 0 aromatic carbocycles. The molecule has 1 amide bonds. The lowest BCUT2D eigenvalue weighted by atomic mass is 9.95. The minimum Gasteiger partial charge on any atom is -0.349 e. The van der Waals surface area contributed by atoms with Crippen molar-refractivity contribution < 1.29 is 4.79 Å². The molecule has 0 aliphatic heterocycles. The number of nitrogens with zero attached hydrogens (tertiary/aromatic N) is 1. The van der Waals surface area contributed by atoms with Crippen LogP contribution in [-0.2, 0) is 4.79 Å². The molecule has 1 saturated carbocycles. The Morgan fingerprint density at radius 1 is 1.50 bits per heavy atom. The molecule has 1 fully saturated rings. The van der Waals surface area contributed by atoms with E-state index in [1.54, 1.807) is 12.4 Å². The van der Waals surface area contributed by atoms with Crippen LogP contribution < -0.4 is 11.1 Å². The third-order valence-electron chi connectivity index (χ3n) is 3.86. The van der Waals surface area contributed by atoms with E-state index in [4.69, 9.17) is 5.73 Å². The van der Waals surface area contributed by atoms with E-state index >= 15 is 0 Å². The van der Waals surface area contributed by atoms with Gasteiger partial charge in [-0.1, -0.05) is 6.42 Å². The lowest BCUT2D eigenvalue weighted by molar-refractivity contribution is -0.126. The van der Waals surface area contributed by atoms with Crippen LogP contribution in [0.25, 0.3) is 0 Å². The number of nitrogens with two attached hydrogens (primary N) is 1. The number of carbonyl (C=O) groups excluding carboxylic acids is 1. The predicted octanol–water partition coefficient (Wildman–Crippen LogP) is 1.63. The maximum absolute atomic E-state index is 12.2. The van der Waals surface area contributed by atoms with Crippen molar-refractivity contribution in [2.24, 2.45) is 17.6 Å². The first kappa shape index (κ1) is 13.0. The van der Waals surface area contributed by atoms with Gasteiger partial charge in [0.15, 0.2) is 0 Å². The van der Waals surface area contributed by atoms with E-state index in [0.29, 0.717) is 12.5 Å². The summed E-state index contributed by atoms with van der Waals surface area (Å²) in [6, 6.07) is 3.89. The van der Waals surface area contributed by atoms with E-state index in [1.165, 1.54) is 0 Å². The Hall–Kier alpha value is -1.42. The maximum Gasteiger partial charge on any atom is 0.223 e. The highest BCUT2D eigenvalue weighted by Crippen LogP contribution is 2.31. The number of aromatic nitrogens is 1. The molecule has 1 aromatic rings. The first-order valence-electron chi connectivity index (χ1n) is 6.62. The number of rotatable bonds is 4. The van der Waals surface area contributed by atoms with Gasteiger partial charge in [0.25, 0.3) is 0 Å². The lowest BCUT2D eigenvalue weighted by Gasteiger charge is -2.21. The first-order valence-corrected chi connectivity index (χ1v) is 6.62. The summed E-state index contributed by atoms with van der Waals surface area (Å²) < 4.78 is 0. The zero-order chi connectivity index (χ0) is 13.0. The van der Waals surface area contributed by atoms with Crippen LogP contribution in [0.2, 0.25) is 0 Å². The van der Waals surface area contributed by atoms with Gasteiger partial charge in [-0.15, -0.1) is 0 Å². The lowest BCUT2D eigenvalue weighted by Crippen LogP contribution is -2.36. The first-order chi connectivity index (χ1) is 8.72. The molecule has 18 heavy (non-hydrogen) atoms. The van der Waals surface area contributed by atoms with Crippen LogP contribution in [0.15, 0.2) is 24.5 Å². The number of hydrogen-bond acceptors (Lipinski definition) is 3. The van der Waals surface area contributed by atoms with Gasteiger partial charge in [-0.05, 0) is 49.9 Å². The van der Waals surface area contributed by atoms with Crippen LogP contribution >= 0.6 is 0 Å². The predicted molar refractivity (Wildman–Crippen MR) is 70.7 cm³/mol. The summed E-state index contributed by atoms with van der Waals surface area (Å²) in [7, 11) is 0. The van der Waals surface area contributed by atoms with Gasteiger partial charge in [0.1, 0.15) is 0 Å². The highest BCUT2D eigenvalue weighted by Gasteiger charge is 2.32. The molecule has 3 atom stereocenters. The molecule has 0 radical (unpaired) electrons. The van der Waals surface area contributed by atoms with Crippen molar-refractivity contribution in [2.75, 3.05) is 6.54 Å². The third-order valence-corrected chi connectivity index (χ3v) is 3.86. The van der Waals surface area contributed by atoms with Crippen molar-refractivity contribution in [1.29, 1.82) is 0 Å². The molecule has 2 rings (SSSR count). The molecule has 3 N–H and O–H groups in total. The second-order valence-electron chi connectivity index (χ2n) is 5.04. The molecule has 1 aliphatic carbocycles. The molecule has 4 nitrogen and oxygen atoms in total. The fraction of sp³-hybridized carbons (Fsp3) is 0.571. The Labute approximate surface area is 108 Å². The number of amides is 1. The van der Waals surface area contributed by atoms with Crippen molar-refractivity contribution in [1.82, 2.24) is 10.3 Å². The summed E-state index contributed by atoms with van der Waals surface area (Å²) >= 11 is 0. The normalized spacial score (nSPS) is 24.8. The van der Waals surface area contributed by atoms with Gasteiger partial charge in [0, 0.05) is 18.3 Å². The van der Waals surface area contributed by atoms with Gasteiger partial charge in [-0.3, -0.25) is 9.78 Å². The number of pyridine rings is 1. The van der Waals surface area contributed by atoms with E-state index in [-0.39, 0.29) is 17.9 Å². The van der Waals surface area contributed by atoms with Crippen LogP contribution in [-0.4, -0.2) is 17.4 Å². The Bertz CT molecular complexity index is 393.